The van der Waals surface area contributed by atoms with Crippen molar-refractivity contribution in [2.45, 2.75) is 172 Å². The predicted octanol–water partition coefficient (Wildman–Crippen LogP) is 6.28. The lowest BCUT2D eigenvalue weighted by Gasteiger charge is -2.36. The van der Waals surface area contributed by atoms with Crippen molar-refractivity contribution in [1.82, 2.24) is 26.0 Å². The van der Waals surface area contributed by atoms with Crippen molar-refractivity contribution in [3.05, 3.63) is 40.6 Å². The lowest BCUT2D eigenvalue weighted by Crippen LogP contribution is -2.50. The van der Waals surface area contributed by atoms with Crippen LogP contribution in [0.4, 0.5) is 4.39 Å². The second-order valence-corrected chi connectivity index (χ2v) is 19.3. The first-order valence-electron chi connectivity index (χ1n) is 22.9. The van der Waals surface area contributed by atoms with Gasteiger partial charge in [-0.25, -0.2) is 12.8 Å². The van der Waals surface area contributed by atoms with Gasteiger partial charge in [0.2, 0.25) is 27.7 Å². The van der Waals surface area contributed by atoms with Gasteiger partial charge in [-0.3, -0.25) is 14.4 Å². The van der Waals surface area contributed by atoms with Crippen LogP contribution in [0, 0.1) is 0 Å². The van der Waals surface area contributed by atoms with Gasteiger partial charge < -0.3 is 45.0 Å². The standard InChI is InChI=1S/C46H78FN5O10S/c1-32(2)36-27-37(33(3)4)42(38(28-36)34(5)6)63(56,57)52-39(29-47)44(55)51-31-40(53)48-22-16-23-49-43(54)35(7)30-50-41(17-24-61-45(58-8)18-12-10-13-19-45)60-25-26-62-46(59-9)20-14-11-15-21-46/h27-28,30,32-34,39,41,50,52H,10-26,29,31H2,1-9H3,(H,48,53)(H,49,54)(H,51,55)/b35-30-/t39?,41-/m1/s1. The average Bonchev–Trinajstić information content (AvgIpc) is 3.27. The molecule has 2 fully saturated rings. The molecule has 0 aliphatic heterocycles. The first-order valence-corrected chi connectivity index (χ1v) is 24.4. The average molecular weight is 912 g/mol. The molecule has 0 saturated heterocycles. The Morgan fingerprint density at radius 2 is 1.30 bits per heavy atom. The van der Waals surface area contributed by atoms with Crippen LogP contribution in [0.5, 0.6) is 0 Å². The number of benzene rings is 1. The largest absolute Gasteiger partial charge is 0.366 e. The number of amides is 3. The number of nitrogens with one attached hydrogen (secondary N) is 5. The van der Waals surface area contributed by atoms with E-state index in [2.05, 4.69) is 26.0 Å². The number of hydrogen-bond donors (Lipinski definition) is 5. The fourth-order valence-electron chi connectivity index (χ4n) is 7.88. The van der Waals surface area contributed by atoms with E-state index in [1.165, 1.54) is 6.42 Å². The number of sulfonamides is 1. The van der Waals surface area contributed by atoms with Crippen LogP contribution in [-0.2, 0) is 48.1 Å². The molecule has 15 nitrogen and oxygen atoms in total. The summed E-state index contributed by atoms with van der Waals surface area (Å²) in [5, 5.41) is 11.0. The van der Waals surface area contributed by atoms with Crippen LogP contribution in [0.3, 0.4) is 0 Å². The summed E-state index contributed by atoms with van der Waals surface area (Å²) in [6.07, 6.45) is 12.0. The smallest absolute Gasteiger partial charge is 0.248 e. The molecular weight excluding hydrogens is 834 g/mol. The summed E-state index contributed by atoms with van der Waals surface area (Å²) in [6, 6.07) is 1.98. The number of rotatable bonds is 28. The van der Waals surface area contributed by atoms with Crippen molar-refractivity contribution < 1.29 is 50.9 Å². The molecule has 63 heavy (non-hydrogen) atoms. The summed E-state index contributed by atoms with van der Waals surface area (Å²) in [5.74, 6) is -3.15. The number of halogens is 1. The van der Waals surface area contributed by atoms with Crippen LogP contribution in [0.25, 0.3) is 0 Å². The highest BCUT2D eigenvalue weighted by molar-refractivity contribution is 7.89. The van der Waals surface area contributed by atoms with E-state index < -0.39 is 58.9 Å². The Labute approximate surface area is 376 Å². The Bertz CT molecular complexity index is 1700. The summed E-state index contributed by atoms with van der Waals surface area (Å²) in [5.41, 5.74) is 2.59. The molecule has 0 aromatic heterocycles. The highest BCUT2D eigenvalue weighted by Crippen LogP contribution is 2.36. The Kier molecular flexibility index (Phi) is 22.9. The zero-order valence-electron chi connectivity index (χ0n) is 39.4. The first kappa shape index (κ1) is 54.1. The summed E-state index contributed by atoms with van der Waals surface area (Å²) in [6.45, 7) is 13.0. The van der Waals surface area contributed by atoms with Gasteiger partial charge in [-0.15, -0.1) is 0 Å². The van der Waals surface area contributed by atoms with E-state index in [1.807, 2.05) is 53.7 Å². The molecule has 0 bridgehead atoms. The SMILES string of the molecule is COC1(OCCO[C@H](CCOC2(OC)CCCCC2)N/C=C(/C)C(=O)NCCCNC(=O)CNC(=O)C(CF)NS(=O)(=O)c2c(C(C)C)cc(C(C)C)cc2C(C)C)CCCCC1. The van der Waals surface area contributed by atoms with Crippen LogP contribution >= 0.6 is 0 Å². The van der Waals surface area contributed by atoms with Crippen molar-refractivity contribution in [3.63, 3.8) is 0 Å². The van der Waals surface area contributed by atoms with E-state index in [-0.39, 0.29) is 41.6 Å². The molecule has 2 atom stereocenters. The molecule has 3 rings (SSSR count). The molecule has 0 heterocycles. The summed E-state index contributed by atoms with van der Waals surface area (Å²) >= 11 is 0. The van der Waals surface area contributed by atoms with Crippen LogP contribution < -0.4 is 26.0 Å². The maximum absolute atomic E-state index is 14.2. The predicted molar refractivity (Wildman–Crippen MR) is 241 cm³/mol. The van der Waals surface area contributed by atoms with Gasteiger partial charge in [0.25, 0.3) is 0 Å². The van der Waals surface area contributed by atoms with Gasteiger partial charge >= 0.3 is 0 Å². The topological polar surface area (TPSA) is 192 Å². The van der Waals surface area contributed by atoms with Gasteiger partial charge in [-0.05, 0) is 73.5 Å². The van der Waals surface area contributed by atoms with E-state index in [4.69, 9.17) is 23.7 Å². The summed E-state index contributed by atoms with van der Waals surface area (Å²) in [4.78, 5) is 38.4. The van der Waals surface area contributed by atoms with Crippen LogP contribution in [0.15, 0.2) is 28.8 Å². The lowest BCUT2D eigenvalue weighted by atomic mass is 9.89. The van der Waals surface area contributed by atoms with Gasteiger partial charge in [0.05, 0.1) is 31.3 Å². The van der Waals surface area contributed by atoms with Gasteiger partial charge in [0.1, 0.15) is 18.9 Å². The zero-order valence-corrected chi connectivity index (χ0v) is 40.2. The van der Waals surface area contributed by atoms with Gasteiger partial charge in [-0.2, -0.15) is 4.72 Å². The van der Waals surface area contributed by atoms with E-state index >= 15 is 0 Å². The number of ether oxygens (including phenoxy) is 5. The number of hydrogen-bond acceptors (Lipinski definition) is 11. The molecule has 0 spiro atoms. The van der Waals surface area contributed by atoms with Crippen LogP contribution in [0.1, 0.15) is 160 Å². The molecule has 0 radical (unpaired) electrons. The quantitative estimate of drug-likeness (QED) is 0.0361. The molecule has 1 unspecified atom stereocenters. The first-order chi connectivity index (χ1) is 29.9. The third-order valence-electron chi connectivity index (χ3n) is 11.8. The molecule has 1 aromatic carbocycles. The molecule has 2 saturated carbocycles. The van der Waals surface area contributed by atoms with Crippen LogP contribution in [0.2, 0.25) is 0 Å². The van der Waals surface area contributed by atoms with Crippen molar-refractivity contribution in [1.29, 1.82) is 0 Å². The van der Waals surface area contributed by atoms with Gasteiger partial charge in [0.15, 0.2) is 11.6 Å². The minimum atomic E-state index is -4.33. The molecule has 1 aromatic rings. The maximum atomic E-state index is 14.2. The Morgan fingerprint density at radius 3 is 1.81 bits per heavy atom. The number of carbonyl (C=O) groups is 3. The number of alkyl halides is 1. The zero-order chi connectivity index (χ0) is 46.6. The highest BCUT2D eigenvalue weighted by atomic mass is 32.2. The van der Waals surface area contributed by atoms with Gasteiger partial charge in [0, 0.05) is 71.2 Å². The van der Waals surface area contributed by atoms with Crippen molar-refractivity contribution in [3.8, 4) is 0 Å². The summed E-state index contributed by atoms with van der Waals surface area (Å²) in [7, 11) is -0.963. The second kappa shape index (κ2) is 26.7. The fourth-order valence-corrected chi connectivity index (χ4v) is 9.75. The van der Waals surface area contributed by atoms with Crippen molar-refractivity contribution in [2.75, 3.05) is 60.3 Å². The molecule has 5 N–H and O–H groups in total. The Morgan fingerprint density at radius 1 is 0.762 bits per heavy atom. The van der Waals surface area contributed by atoms with Crippen LogP contribution in [-0.4, -0.2) is 110 Å². The molecular formula is C46H78FN5O10S. The normalized spacial score (nSPS) is 17.7. The minimum absolute atomic E-state index is 0.0519. The fraction of sp³-hybridized carbons (Fsp3) is 0.761. The van der Waals surface area contributed by atoms with Crippen molar-refractivity contribution in [2.24, 2.45) is 0 Å². The Hall–Kier alpha value is -3.19. The lowest BCUT2D eigenvalue weighted by molar-refractivity contribution is -0.248. The third kappa shape index (κ3) is 17.3. The van der Waals surface area contributed by atoms with Crippen molar-refractivity contribution >= 4 is 27.7 Å². The third-order valence-corrected chi connectivity index (χ3v) is 13.4. The monoisotopic (exact) mass is 912 g/mol. The Balaban J connectivity index is 1.46. The number of carbonyl (C=O) groups excluding carboxylic acids is 3. The van der Waals surface area contributed by atoms with E-state index in [0.29, 0.717) is 49.4 Å². The maximum Gasteiger partial charge on any atom is 0.248 e. The van der Waals surface area contributed by atoms with E-state index in [9.17, 15) is 27.2 Å². The molecule has 2 aliphatic carbocycles. The molecule has 17 heteroatoms. The minimum Gasteiger partial charge on any atom is -0.366 e. The van der Waals surface area contributed by atoms with E-state index in [1.54, 1.807) is 27.3 Å². The van der Waals surface area contributed by atoms with Gasteiger partial charge in [-0.1, -0.05) is 66.5 Å². The highest BCUT2D eigenvalue weighted by Gasteiger charge is 2.35. The molecule has 360 valence electrons. The molecule has 3 amide bonds. The number of methoxy groups -OCH3 is 2. The second-order valence-electron chi connectivity index (χ2n) is 17.7. The molecule has 2 aliphatic rings. The summed E-state index contributed by atoms with van der Waals surface area (Å²) < 4.78 is 74.0. The van der Waals surface area contributed by atoms with E-state index in [0.717, 1.165) is 63.4 Å².